The summed E-state index contributed by atoms with van der Waals surface area (Å²) in [5.41, 5.74) is 0.624. The minimum absolute atomic E-state index is 0.261. The van der Waals surface area contributed by atoms with Crippen LogP contribution in [0.15, 0.2) is 12.1 Å². The van der Waals surface area contributed by atoms with E-state index < -0.39 is 0 Å². The number of halogens is 1. The molecule has 0 aromatic heterocycles. The molecule has 0 atom stereocenters. The molecule has 3 nitrogen and oxygen atoms in total. The topological polar surface area (TPSA) is 50.1 Å². The quantitative estimate of drug-likeness (QED) is 0.679. The molecule has 0 aliphatic heterocycles. The fourth-order valence-corrected chi connectivity index (χ4v) is 1.28. The van der Waals surface area contributed by atoms with Gasteiger partial charge in [-0.1, -0.05) is 11.6 Å². The summed E-state index contributed by atoms with van der Waals surface area (Å²) in [5, 5.41) is 8.96. The first kappa shape index (κ1) is 9.56. The van der Waals surface area contributed by atoms with Crippen molar-refractivity contribution in [3.8, 4) is 11.8 Å². The van der Waals surface area contributed by atoms with Gasteiger partial charge in [-0.2, -0.15) is 5.26 Å². The van der Waals surface area contributed by atoms with Crippen molar-refractivity contribution >= 4 is 17.9 Å². The van der Waals surface area contributed by atoms with E-state index in [1.165, 1.54) is 19.2 Å². The third-order valence-electron chi connectivity index (χ3n) is 1.53. The minimum atomic E-state index is 0.261. The Balaban J connectivity index is 3.39. The molecule has 0 amide bonds. The van der Waals surface area contributed by atoms with Gasteiger partial charge in [-0.3, -0.25) is 4.79 Å². The number of nitrogens with zero attached hydrogens (tertiary/aromatic N) is 1. The number of aldehydes is 1. The first-order valence-corrected chi connectivity index (χ1v) is 3.83. The summed E-state index contributed by atoms with van der Waals surface area (Å²) in [6.45, 7) is 0. The lowest BCUT2D eigenvalue weighted by atomic mass is 10.1. The van der Waals surface area contributed by atoms with Crippen LogP contribution in [0.2, 0.25) is 5.02 Å². The maximum absolute atomic E-state index is 10.4. The number of carbonyl (C=O) groups excluding carboxylic acids is 1. The molecule has 66 valence electrons. The molecule has 0 aliphatic rings. The second-order valence-electron chi connectivity index (χ2n) is 2.31. The van der Waals surface area contributed by atoms with Gasteiger partial charge in [-0.05, 0) is 12.1 Å². The molecular formula is C9H6ClNO2. The van der Waals surface area contributed by atoms with Gasteiger partial charge >= 0.3 is 0 Å². The fourth-order valence-electron chi connectivity index (χ4n) is 0.973. The zero-order chi connectivity index (χ0) is 9.84. The number of ether oxygens (including phenoxy) is 1. The van der Waals surface area contributed by atoms with Crippen molar-refractivity contribution in [3.63, 3.8) is 0 Å². The molecule has 13 heavy (non-hydrogen) atoms. The van der Waals surface area contributed by atoms with Gasteiger partial charge in [0.1, 0.15) is 12.4 Å². The van der Waals surface area contributed by atoms with E-state index in [1.807, 2.05) is 6.07 Å². The highest BCUT2D eigenvalue weighted by Gasteiger charge is 2.08. The Morgan fingerprint density at radius 3 is 2.77 bits per heavy atom. The minimum Gasteiger partial charge on any atom is -0.494 e. The molecular weight excluding hydrogens is 190 g/mol. The third-order valence-corrected chi connectivity index (χ3v) is 1.81. The smallest absolute Gasteiger partial charge is 0.155 e. The molecule has 0 saturated heterocycles. The first-order chi connectivity index (χ1) is 6.22. The number of hydrogen-bond acceptors (Lipinski definition) is 3. The normalized spacial score (nSPS) is 9.00. The van der Waals surface area contributed by atoms with Gasteiger partial charge in [-0.15, -0.1) is 0 Å². The van der Waals surface area contributed by atoms with E-state index in [2.05, 4.69) is 0 Å². The predicted octanol–water partition coefficient (Wildman–Crippen LogP) is 2.03. The molecule has 0 saturated carbocycles. The summed E-state index contributed by atoms with van der Waals surface area (Å²) in [4.78, 5) is 10.4. The lowest BCUT2D eigenvalue weighted by Gasteiger charge is -2.04. The lowest BCUT2D eigenvalue weighted by molar-refractivity contribution is 0.112. The van der Waals surface area contributed by atoms with Crippen LogP contribution >= 0.6 is 11.6 Å². The molecule has 0 heterocycles. The van der Waals surface area contributed by atoms with Crippen molar-refractivity contribution in [2.24, 2.45) is 0 Å². The van der Waals surface area contributed by atoms with Crippen molar-refractivity contribution in [3.05, 3.63) is 28.3 Å². The highest BCUT2D eigenvalue weighted by Crippen LogP contribution is 2.28. The zero-order valence-electron chi connectivity index (χ0n) is 6.87. The van der Waals surface area contributed by atoms with E-state index in [1.54, 1.807) is 0 Å². The highest BCUT2D eigenvalue weighted by molar-refractivity contribution is 6.32. The Morgan fingerprint density at radius 1 is 1.62 bits per heavy atom. The van der Waals surface area contributed by atoms with E-state index in [0.29, 0.717) is 17.6 Å². The van der Waals surface area contributed by atoms with Crippen LogP contribution < -0.4 is 4.74 Å². The Kier molecular flexibility index (Phi) is 2.88. The van der Waals surface area contributed by atoms with Gasteiger partial charge < -0.3 is 4.74 Å². The lowest BCUT2D eigenvalue weighted by Crippen LogP contribution is -1.91. The average molecular weight is 196 g/mol. The number of hydrogen-bond donors (Lipinski definition) is 0. The Bertz CT molecular complexity index is 382. The van der Waals surface area contributed by atoms with Crippen LogP contribution in [0.4, 0.5) is 0 Å². The van der Waals surface area contributed by atoms with Crippen LogP contribution in [-0.2, 0) is 0 Å². The van der Waals surface area contributed by atoms with E-state index >= 15 is 0 Å². The van der Waals surface area contributed by atoms with Crippen LogP contribution in [0.5, 0.6) is 5.75 Å². The molecule has 1 aromatic carbocycles. The second-order valence-corrected chi connectivity index (χ2v) is 2.72. The summed E-state index contributed by atoms with van der Waals surface area (Å²) in [6.07, 6.45) is 0.631. The molecule has 0 fully saturated rings. The number of nitriles is 1. The Morgan fingerprint density at radius 2 is 2.31 bits per heavy atom. The van der Waals surface area contributed by atoms with E-state index in [0.717, 1.165) is 0 Å². The van der Waals surface area contributed by atoms with Gasteiger partial charge in [0.15, 0.2) is 5.75 Å². The van der Waals surface area contributed by atoms with Gasteiger partial charge in [0.25, 0.3) is 0 Å². The van der Waals surface area contributed by atoms with Crippen LogP contribution in [0, 0.1) is 11.3 Å². The van der Waals surface area contributed by atoms with E-state index in [9.17, 15) is 4.79 Å². The van der Waals surface area contributed by atoms with Gasteiger partial charge in [0.05, 0.1) is 17.7 Å². The van der Waals surface area contributed by atoms with Crippen molar-refractivity contribution in [1.29, 1.82) is 5.26 Å². The van der Waals surface area contributed by atoms with Crippen LogP contribution in [-0.4, -0.2) is 13.4 Å². The number of benzene rings is 1. The number of carbonyl (C=O) groups is 1. The molecule has 1 aromatic rings. The Labute approximate surface area is 80.5 Å². The summed E-state index contributed by atoms with van der Waals surface area (Å²) < 4.78 is 4.90. The molecule has 4 heteroatoms. The molecule has 0 spiro atoms. The molecule has 0 radical (unpaired) electrons. The summed E-state index contributed by atoms with van der Waals surface area (Å²) in [7, 11) is 1.42. The van der Waals surface area contributed by atoms with Crippen LogP contribution in [0.1, 0.15) is 15.9 Å². The maximum atomic E-state index is 10.4. The maximum Gasteiger partial charge on any atom is 0.155 e. The van der Waals surface area contributed by atoms with E-state index in [4.69, 9.17) is 21.6 Å². The number of rotatable bonds is 2. The standard InChI is InChI=1S/C9H6ClNO2/c1-13-9-7(4-11)2-6(5-12)3-8(9)10/h2-3,5H,1H3. The van der Waals surface area contributed by atoms with Crippen LogP contribution in [0.25, 0.3) is 0 Å². The molecule has 0 unspecified atom stereocenters. The fraction of sp³-hybridized carbons (Fsp3) is 0.111. The summed E-state index contributed by atoms with van der Waals surface area (Å²) in [6, 6.07) is 4.77. The SMILES string of the molecule is COc1c(Cl)cc(C=O)cc1C#N. The van der Waals surface area contributed by atoms with Crippen molar-refractivity contribution in [2.75, 3.05) is 7.11 Å². The third kappa shape index (κ3) is 1.79. The van der Waals surface area contributed by atoms with Crippen molar-refractivity contribution in [2.45, 2.75) is 0 Å². The summed E-state index contributed by atoms with van der Waals surface area (Å²) in [5.74, 6) is 0.301. The highest BCUT2D eigenvalue weighted by atomic mass is 35.5. The summed E-state index contributed by atoms with van der Waals surface area (Å²) >= 11 is 5.76. The van der Waals surface area contributed by atoms with Crippen molar-refractivity contribution in [1.82, 2.24) is 0 Å². The van der Waals surface area contributed by atoms with Crippen LogP contribution in [0.3, 0.4) is 0 Å². The van der Waals surface area contributed by atoms with E-state index in [-0.39, 0.29) is 10.6 Å². The average Bonchev–Trinajstić information content (AvgIpc) is 2.16. The second kappa shape index (κ2) is 3.92. The Hall–Kier alpha value is -1.53. The zero-order valence-corrected chi connectivity index (χ0v) is 7.63. The number of methoxy groups -OCH3 is 1. The predicted molar refractivity (Wildman–Crippen MR) is 48.1 cm³/mol. The molecule has 0 aliphatic carbocycles. The van der Waals surface area contributed by atoms with Gasteiger partial charge in [0, 0.05) is 5.56 Å². The van der Waals surface area contributed by atoms with Gasteiger partial charge in [-0.25, -0.2) is 0 Å². The molecule has 0 N–H and O–H groups in total. The first-order valence-electron chi connectivity index (χ1n) is 3.45. The largest absolute Gasteiger partial charge is 0.494 e. The molecule has 0 bridgehead atoms. The molecule has 1 rings (SSSR count). The van der Waals surface area contributed by atoms with Gasteiger partial charge in [0.2, 0.25) is 0 Å². The monoisotopic (exact) mass is 195 g/mol. The van der Waals surface area contributed by atoms with Crippen molar-refractivity contribution < 1.29 is 9.53 Å².